The lowest BCUT2D eigenvalue weighted by Crippen LogP contribution is -2.38. The lowest BCUT2D eigenvalue weighted by Gasteiger charge is -2.26. The Kier molecular flexibility index (Phi) is 6.82. The molecule has 0 fully saturated rings. The highest BCUT2D eigenvalue weighted by Gasteiger charge is 2.33. The second-order valence-corrected chi connectivity index (χ2v) is 9.21. The van der Waals surface area contributed by atoms with Crippen LogP contribution in [0, 0.1) is 0 Å². The van der Waals surface area contributed by atoms with Gasteiger partial charge in [0.25, 0.3) is 11.8 Å². The molecule has 1 atom stereocenters. The number of alkyl halides is 3. The van der Waals surface area contributed by atoms with Gasteiger partial charge in [-0.25, -0.2) is 19.7 Å². The molecule has 1 aromatic carbocycles. The predicted molar refractivity (Wildman–Crippen MR) is 125 cm³/mol. The molecule has 15 heteroatoms. The molecule has 3 aromatic rings. The van der Waals surface area contributed by atoms with Crippen LogP contribution in [0.25, 0.3) is 0 Å². The minimum absolute atomic E-state index is 0.0800. The molecule has 1 aliphatic heterocycles. The highest BCUT2D eigenvalue weighted by atomic mass is 35.5. The van der Waals surface area contributed by atoms with Crippen molar-refractivity contribution in [2.45, 2.75) is 25.7 Å². The quantitative estimate of drug-likeness (QED) is 0.443. The van der Waals surface area contributed by atoms with Crippen LogP contribution in [0.5, 0.6) is 0 Å². The number of nitrogens with zero attached hydrogens (tertiary/aromatic N) is 4. The molecule has 0 saturated carbocycles. The molecule has 4 amide bonds. The molecule has 0 unspecified atom stereocenters. The molecule has 1 aliphatic rings. The van der Waals surface area contributed by atoms with E-state index >= 15 is 0 Å². The Bertz CT molecular complexity index is 1360. The molecule has 2 aromatic heterocycles. The Morgan fingerprint density at radius 3 is 2.69 bits per heavy atom. The monoisotopic (exact) mass is 539 g/mol. The number of rotatable bonds is 5. The summed E-state index contributed by atoms with van der Waals surface area (Å²) in [5.74, 6) is -0.959. The normalized spacial score (nSPS) is 14.1. The number of nitrogens with one attached hydrogen (secondary N) is 3. The number of carbonyl (C=O) groups is 3. The van der Waals surface area contributed by atoms with Crippen LogP contribution in [0.2, 0.25) is 5.02 Å². The number of hydrogen-bond acceptors (Lipinski definition) is 7. The van der Waals surface area contributed by atoms with Gasteiger partial charge < -0.3 is 15.5 Å². The Hall–Kier alpha value is -3.78. The Labute approximate surface area is 210 Å². The minimum atomic E-state index is -4.67. The van der Waals surface area contributed by atoms with Crippen molar-refractivity contribution in [2.24, 2.45) is 0 Å². The summed E-state index contributed by atoms with van der Waals surface area (Å²) in [6.07, 6.45) is -2.25. The fourth-order valence-corrected chi connectivity index (χ4v) is 4.34. The fourth-order valence-electron chi connectivity index (χ4n) is 3.30. The summed E-state index contributed by atoms with van der Waals surface area (Å²) in [7, 11) is 1.56. The molecular weight excluding hydrogens is 523 g/mol. The van der Waals surface area contributed by atoms with Crippen LogP contribution in [-0.2, 0) is 12.7 Å². The molecule has 10 nitrogen and oxygen atoms in total. The van der Waals surface area contributed by atoms with Crippen LogP contribution in [-0.4, -0.2) is 44.7 Å². The van der Waals surface area contributed by atoms with E-state index in [0.717, 1.165) is 29.8 Å². The zero-order valence-corrected chi connectivity index (χ0v) is 20.2. The first kappa shape index (κ1) is 25.3. The van der Waals surface area contributed by atoms with Crippen LogP contribution in [0.4, 0.5) is 29.5 Å². The average molecular weight is 540 g/mol. The maximum absolute atomic E-state index is 13.1. The van der Waals surface area contributed by atoms with Crippen LogP contribution < -0.4 is 16.0 Å². The van der Waals surface area contributed by atoms with Crippen molar-refractivity contribution in [3.05, 3.63) is 62.5 Å². The third-order valence-corrected chi connectivity index (χ3v) is 6.63. The van der Waals surface area contributed by atoms with Gasteiger partial charge in [0.2, 0.25) is 0 Å². The number of benzene rings is 1. The third kappa shape index (κ3) is 5.23. The van der Waals surface area contributed by atoms with Crippen LogP contribution >= 0.6 is 22.9 Å². The van der Waals surface area contributed by atoms with Crippen molar-refractivity contribution >= 4 is 52.3 Å². The maximum atomic E-state index is 13.1. The second-order valence-electron chi connectivity index (χ2n) is 7.74. The van der Waals surface area contributed by atoms with Crippen molar-refractivity contribution < 1.29 is 27.6 Å². The first-order chi connectivity index (χ1) is 16.9. The van der Waals surface area contributed by atoms with Crippen LogP contribution in [0.1, 0.15) is 49.3 Å². The van der Waals surface area contributed by atoms with Crippen molar-refractivity contribution in [3.8, 4) is 0 Å². The summed E-state index contributed by atoms with van der Waals surface area (Å²) in [4.78, 5) is 50.9. The molecule has 0 spiro atoms. The van der Waals surface area contributed by atoms with E-state index in [2.05, 4.69) is 30.9 Å². The van der Waals surface area contributed by atoms with Crippen molar-refractivity contribution in [3.63, 3.8) is 0 Å². The molecule has 188 valence electrons. The van der Waals surface area contributed by atoms with Gasteiger partial charge in [0.15, 0.2) is 0 Å². The topological polar surface area (TPSA) is 129 Å². The lowest BCUT2D eigenvalue weighted by atomic mass is 10.1. The van der Waals surface area contributed by atoms with Gasteiger partial charge in [-0.3, -0.25) is 14.9 Å². The standard InChI is InChI=1S/C21H17ClF3N7O3S/c1-9(29-18(34)15-11-7-32(2)20(35)31-16(11)28-8-27-15)19-26-6-14(36-19)17(33)30-10-3-4-13(22)12(5-10)21(23,24)25/h3-6,8-9H,7H2,1-2H3,(H,29,34)(H,30,33)(H,27,28,31,35)/t9-/m1/s1. The summed E-state index contributed by atoms with van der Waals surface area (Å²) < 4.78 is 39.2. The van der Waals surface area contributed by atoms with E-state index in [1.807, 2.05) is 0 Å². The summed E-state index contributed by atoms with van der Waals surface area (Å²) >= 11 is 6.57. The smallest absolute Gasteiger partial charge is 0.342 e. The van der Waals surface area contributed by atoms with Gasteiger partial charge in [0.05, 0.1) is 29.4 Å². The Morgan fingerprint density at radius 1 is 1.22 bits per heavy atom. The third-order valence-electron chi connectivity index (χ3n) is 5.12. The molecule has 3 N–H and O–H groups in total. The summed E-state index contributed by atoms with van der Waals surface area (Å²) in [5.41, 5.74) is -0.624. The molecule has 0 aliphatic carbocycles. The van der Waals surface area contributed by atoms with E-state index < -0.39 is 34.6 Å². The average Bonchev–Trinajstić information content (AvgIpc) is 3.31. The zero-order valence-electron chi connectivity index (χ0n) is 18.6. The number of thiazole rings is 1. The number of hydrogen-bond donors (Lipinski definition) is 3. The first-order valence-corrected chi connectivity index (χ1v) is 11.4. The molecule has 0 radical (unpaired) electrons. The van der Waals surface area contributed by atoms with E-state index in [1.54, 1.807) is 14.0 Å². The lowest BCUT2D eigenvalue weighted by molar-refractivity contribution is -0.137. The molecule has 36 heavy (non-hydrogen) atoms. The van der Waals surface area contributed by atoms with E-state index in [-0.39, 0.29) is 34.7 Å². The van der Waals surface area contributed by atoms with Gasteiger partial charge in [-0.05, 0) is 25.1 Å². The van der Waals surface area contributed by atoms with Gasteiger partial charge >= 0.3 is 12.2 Å². The molecular formula is C21H17ClF3N7O3S. The largest absolute Gasteiger partial charge is 0.417 e. The van der Waals surface area contributed by atoms with E-state index in [0.29, 0.717) is 10.6 Å². The predicted octanol–water partition coefficient (Wildman–Crippen LogP) is 4.33. The highest BCUT2D eigenvalue weighted by Crippen LogP contribution is 2.36. The van der Waals surface area contributed by atoms with Crippen molar-refractivity contribution in [1.82, 2.24) is 25.2 Å². The van der Waals surface area contributed by atoms with Gasteiger partial charge in [-0.15, -0.1) is 11.3 Å². The molecule has 0 bridgehead atoms. The van der Waals surface area contributed by atoms with Gasteiger partial charge in [0, 0.05) is 18.3 Å². The summed E-state index contributed by atoms with van der Waals surface area (Å²) in [6, 6.07) is 2.06. The van der Waals surface area contributed by atoms with E-state index in [4.69, 9.17) is 11.6 Å². The van der Waals surface area contributed by atoms with Gasteiger partial charge in [-0.2, -0.15) is 13.2 Å². The van der Waals surface area contributed by atoms with Crippen molar-refractivity contribution in [2.75, 3.05) is 17.7 Å². The van der Waals surface area contributed by atoms with E-state index in [9.17, 15) is 27.6 Å². The SMILES string of the molecule is C[C@@H](NC(=O)c1ncnc2c1CN(C)C(=O)N2)c1ncc(C(=O)Nc2ccc(Cl)c(C(F)(F)F)c2)s1. The number of urea groups is 1. The number of aromatic nitrogens is 3. The van der Waals surface area contributed by atoms with Crippen LogP contribution in [0.3, 0.4) is 0 Å². The summed E-state index contributed by atoms with van der Waals surface area (Å²) in [5, 5.41) is 7.60. The van der Waals surface area contributed by atoms with Gasteiger partial charge in [0.1, 0.15) is 27.7 Å². The van der Waals surface area contributed by atoms with Crippen molar-refractivity contribution in [1.29, 1.82) is 0 Å². The number of amides is 4. The molecule has 3 heterocycles. The first-order valence-electron chi connectivity index (χ1n) is 10.2. The number of anilines is 2. The minimum Gasteiger partial charge on any atom is -0.342 e. The number of fused-ring (bicyclic) bond motifs is 1. The summed E-state index contributed by atoms with van der Waals surface area (Å²) in [6.45, 7) is 1.79. The zero-order chi connectivity index (χ0) is 26.2. The van der Waals surface area contributed by atoms with Crippen LogP contribution in [0.15, 0.2) is 30.7 Å². The van der Waals surface area contributed by atoms with E-state index in [1.165, 1.54) is 17.2 Å². The number of carbonyl (C=O) groups excluding carboxylic acids is 3. The Morgan fingerprint density at radius 2 is 1.97 bits per heavy atom. The molecule has 0 saturated heterocycles. The Balaban J connectivity index is 1.45. The maximum Gasteiger partial charge on any atom is 0.417 e. The molecule has 4 rings (SSSR count). The fraction of sp³-hybridized carbons (Fsp3) is 0.238. The second kappa shape index (κ2) is 9.70. The van der Waals surface area contributed by atoms with Gasteiger partial charge in [-0.1, -0.05) is 11.6 Å². The number of halogens is 4. The highest BCUT2D eigenvalue weighted by molar-refractivity contribution is 7.13.